The molecule has 0 radical (unpaired) electrons. The van der Waals surface area contributed by atoms with Crippen molar-refractivity contribution in [2.24, 2.45) is 5.92 Å². The first kappa shape index (κ1) is 18.3. The van der Waals surface area contributed by atoms with Crippen molar-refractivity contribution in [2.75, 3.05) is 19.0 Å². The van der Waals surface area contributed by atoms with E-state index in [4.69, 9.17) is 9.47 Å². The molecule has 1 aromatic heterocycles. The summed E-state index contributed by atoms with van der Waals surface area (Å²) in [4.78, 5) is 27.8. The van der Waals surface area contributed by atoms with Crippen molar-refractivity contribution in [3.8, 4) is 5.75 Å². The Hall–Kier alpha value is -2.50. The second-order valence-electron chi connectivity index (χ2n) is 6.74. The van der Waals surface area contributed by atoms with Crippen LogP contribution in [0.2, 0.25) is 0 Å². The van der Waals surface area contributed by atoms with Crippen LogP contribution in [-0.4, -0.2) is 30.6 Å². The van der Waals surface area contributed by atoms with Crippen LogP contribution in [0.15, 0.2) is 18.2 Å². The number of nitrogens with one attached hydrogen (secondary N) is 2. The van der Waals surface area contributed by atoms with E-state index in [1.807, 2.05) is 6.07 Å². The number of hydrogen-bond donors (Lipinski definition) is 2. The van der Waals surface area contributed by atoms with Gasteiger partial charge in [-0.05, 0) is 37.5 Å². The van der Waals surface area contributed by atoms with Crippen molar-refractivity contribution in [3.05, 3.63) is 23.9 Å². The third-order valence-corrected chi connectivity index (χ3v) is 5.00. The molecule has 3 rings (SSSR count). The second-order valence-corrected chi connectivity index (χ2v) is 6.74. The fourth-order valence-electron chi connectivity index (χ4n) is 3.62. The van der Waals surface area contributed by atoms with Gasteiger partial charge in [-0.15, -0.1) is 0 Å². The van der Waals surface area contributed by atoms with Gasteiger partial charge in [0.1, 0.15) is 11.4 Å². The number of methoxy groups -OCH3 is 1. The minimum Gasteiger partial charge on any atom is -0.497 e. The van der Waals surface area contributed by atoms with E-state index in [9.17, 15) is 9.59 Å². The van der Waals surface area contributed by atoms with Crippen LogP contribution in [-0.2, 0) is 9.53 Å². The summed E-state index contributed by atoms with van der Waals surface area (Å²) in [5.41, 5.74) is 1.48. The molecule has 1 aliphatic rings. The first-order valence-corrected chi connectivity index (χ1v) is 9.29. The summed E-state index contributed by atoms with van der Waals surface area (Å²) < 4.78 is 10.4. The SMILES string of the molecule is CCOC(=O)c1[nH]c2ccc(OC)cc2c1NC(=O)CCC1CCCC1. The van der Waals surface area contributed by atoms with E-state index in [1.54, 1.807) is 26.2 Å². The van der Waals surface area contributed by atoms with Crippen molar-refractivity contribution >= 4 is 28.5 Å². The van der Waals surface area contributed by atoms with Crippen LogP contribution in [0.1, 0.15) is 55.9 Å². The van der Waals surface area contributed by atoms with E-state index >= 15 is 0 Å². The van der Waals surface area contributed by atoms with E-state index in [0.29, 0.717) is 23.8 Å². The summed E-state index contributed by atoms with van der Waals surface area (Å²) in [7, 11) is 1.58. The highest BCUT2D eigenvalue weighted by Crippen LogP contribution is 2.32. The van der Waals surface area contributed by atoms with Crippen molar-refractivity contribution < 1.29 is 19.1 Å². The zero-order valence-electron chi connectivity index (χ0n) is 15.4. The number of esters is 1. The maximum Gasteiger partial charge on any atom is 0.356 e. The van der Waals surface area contributed by atoms with E-state index in [1.165, 1.54) is 25.7 Å². The summed E-state index contributed by atoms with van der Waals surface area (Å²) in [5, 5.41) is 3.66. The second kappa shape index (κ2) is 8.25. The molecular weight excluding hydrogens is 332 g/mol. The predicted octanol–water partition coefficient (Wildman–Crippen LogP) is 4.26. The fraction of sp³-hybridized carbons (Fsp3) is 0.500. The maximum atomic E-state index is 12.5. The Morgan fingerprint density at radius 2 is 2.04 bits per heavy atom. The molecule has 2 aromatic rings. The Balaban J connectivity index is 1.84. The van der Waals surface area contributed by atoms with Gasteiger partial charge >= 0.3 is 5.97 Å². The van der Waals surface area contributed by atoms with Crippen LogP contribution < -0.4 is 10.1 Å². The van der Waals surface area contributed by atoms with E-state index in [0.717, 1.165) is 17.3 Å². The number of benzene rings is 1. The minimum absolute atomic E-state index is 0.0776. The average molecular weight is 358 g/mol. The summed E-state index contributed by atoms with van der Waals surface area (Å²) >= 11 is 0. The molecule has 1 aromatic carbocycles. The number of anilines is 1. The molecule has 26 heavy (non-hydrogen) atoms. The molecule has 6 heteroatoms. The van der Waals surface area contributed by atoms with Gasteiger partial charge in [-0.25, -0.2) is 4.79 Å². The van der Waals surface area contributed by atoms with Crippen LogP contribution in [0, 0.1) is 5.92 Å². The topological polar surface area (TPSA) is 80.4 Å². The van der Waals surface area contributed by atoms with Crippen LogP contribution in [0.5, 0.6) is 5.75 Å². The lowest BCUT2D eigenvalue weighted by Gasteiger charge is -2.10. The van der Waals surface area contributed by atoms with Gasteiger partial charge in [-0.2, -0.15) is 0 Å². The fourth-order valence-corrected chi connectivity index (χ4v) is 3.62. The maximum absolute atomic E-state index is 12.5. The molecule has 0 aliphatic heterocycles. The smallest absolute Gasteiger partial charge is 0.356 e. The Kier molecular flexibility index (Phi) is 5.81. The number of rotatable bonds is 7. The zero-order valence-corrected chi connectivity index (χ0v) is 15.4. The molecule has 0 atom stereocenters. The molecule has 0 spiro atoms. The number of carbonyl (C=O) groups excluding carboxylic acids is 2. The Morgan fingerprint density at radius 3 is 2.73 bits per heavy atom. The molecule has 1 fully saturated rings. The van der Waals surface area contributed by atoms with Crippen LogP contribution >= 0.6 is 0 Å². The third kappa shape index (κ3) is 4.00. The Bertz CT molecular complexity index is 790. The number of carbonyl (C=O) groups is 2. The molecule has 1 amide bonds. The third-order valence-electron chi connectivity index (χ3n) is 5.00. The van der Waals surface area contributed by atoms with Gasteiger partial charge in [-0.3, -0.25) is 4.79 Å². The molecule has 1 heterocycles. The average Bonchev–Trinajstić information content (AvgIpc) is 3.28. The van der Waals surface area contributed by atoms with E-state index in [-0.39, 0.29) is 18.2 Å². The Labute approximate surface area is 153 Å². The predicted molar refractivity (Wildman–Crippen MR) is 101 cm³/mol. The number of fused-ring (bicyclic) bond motifs is 1. The minimum atomic E-state index is -0.478. The number of aromatic nitrogens is 1. The first-order chi connectivity index (χ1) is 12.6. The van der Waals surface area contributed by atoms with Gasteiger partial charge in [0.05, 0.1) is 19.4 Å². The number of H-pyrrole nitrogens is 1. The molecule has 6 nitrogen and oxygen atoms in total. The number of hydrogen-bond acceptors (Lipinski definition) is 4. The molecule has 2 N–H and O–H groups in total. The monoisotopic (exact) mass is 358 g/mol. The quantitative estimate of drug-likeness (QED) is 0.725. The van der Waals surface area contributed by atoms with Gasteiger partial charge in [-0.1, -0.05) is 25.7 Å². The molecule has 1 aliphatic carbocycles. The molecule has 0 saturated heterocycles. The number of amides is 1. The van der Waals surface area contributed by atoms with Gasteiger partial charge in [0.15, 0.2) is 0 Å². The highest BCUT2D eigenvalue weighted by Gasteiger charge is 2.22. The normalized spacial score (nSPS) is 14.5. The summed E-state index contributed by atoms with van der Waals surface area (Å²) in [6.07, 6.45) is 6.32. The van der Waals surface area contributed by atoms with Crippen LogP contribution in [0.4, 0.5) is 5.69 Å². The number of ether oxygens (including phenoxy) is 2. The highest BCUT2D eigenvalue weighted by atomic mass is 16.5. The lowest BCUT2D eigenvalue weighted by atomic mass is 10.0. The lowest BCUT2D eigenvalue weighted by molar-refractivity contribution is -0.116. The van der Waals surface area contributed by atoms with Crippen molar-refractivity contribution in [1.29, 1.82) is 0 Å². The number of aromatic amines is 1. The first-order valence-electron chi connectivity index (χ1n) is 9.29. The van der Waals surface area contributed by atoms with Crippen LogP contribution in [0.25, 0.3) is 10.9 Å². The standard InChI is InChI=1S/C20H26N2O4/c1-3-26-20(24)19-18(15-12-14(25-2)9-10-16(15)21-19)22-17(23)11-8-13-6-4-5-7-13/h9-10,12-13,21H,3-8,11H2,1-2H3,(H,22,23). The van der Waals surface area contributed by atoms with E-state index < -0.39 is 5.97 Å². The highest BCUT2D eigenvalue weighted by molar-refractivity contribution is 6.11. The molecule has 0 unspecified atom stereocenters. The molecular formula is C20H26N2O4. The lowest BCUT2D eigenvalue weighted by Crippen LogP contribution is -2.16. The van der Waals surface area contributed by atoms with E-state index in [2.05, 4.69) is 10.3 Å². The summed E-state index contributed by atoms with van der Waals surface area (Å²) in [5.74, 6) is 0.752. The van der Waals surface area contributed by atoms with Crippen molar-refractivity contribution in [3.63, 3.8) is 0 Å². The molecule has 140 valence electrons. The van der Waals surface area contributed by atoms with Gasteiger partial charge < -0.3 is 19.8 Å². The van der Waals surface area contributed by atoms with Gasteiger partial charge in [0, 0.05) is 17.3 Å². The van der Waals surface area contributed by atoms with Crippen LogP contribution in [0.3, 0.4) is 0 Å². The summed E-state index contributed by atoms with van der Waals surface area (Å²) in [6, 6.07) is 5.44. The molecule has 0 bridgehead atoms. The largest absolute Gasteiger partial charge is 0.497 e. The molecule has 1 saturated carbocycles. The zero-order chi connectivity index (χ0) is 18.5. The Morgan fingerprint density at radius 1 is 1.27 bits per heavy atom. The van der Waals surface area contributed by atoms with Crippen molar-refractivity contribution in [1.82, 2.24) is 4.98 Å². The van der Waals surface area contributed by atoms with Gasteiger partial charge in [0.25, 0.3) is 0 Å². The summed E-state index contributed by atoms with van der Waals surface area (Å²) in [6.45, 7) is 2.02. The van der Waals surface area contributed by atoms with Crippen molar-refractivity contribution in [2.45, 2.75) is 45.4 Å². The van der Waals surface area contributed by atoms with Gasteiger partial charge in [0.2, 0.25) is 5.91 Å².